The van der Waals surface area contributed by atoms with E-state index < -0.39 is 11.9 Å². The fourth-order valence-corrected chi connectivity index (χ4v) is 1.97. The smallest absolute Gasteiger partial charge is 0.335 e. The normalized spacial score (nSPS) is 9.22. The number of carboxylic acid groups (broad SMARTS) is 2. The van der Waals surface area contributed by atoms with Crippen molar-refractivity contribution < 1.29 is 39.3 Å². The standard InChI is InChI=1S/2C9H10O2.Zn/c2*1-6-4-3-5-8(7(6)2)9(10)11;/h2*3-5H,1-2H3,(H,10,11);. The van der Waals surface area contributed by atoms with E-state index in [1.54, 1.807) is 24.3 Å². The van der Waals surface area contributed by atoms with E-state index in [0.717, 1.165) is 22.3 Å². The van der Waals surface area contributed by atoms with Crippen LogP contribution in [0.1, 0.15) is 43.0 Å². The summed E-state index contributed by atoms with van der Waals surface area (Å²) in [6, 6.07) is 10.6. The SMILES string of the molecule is Cc1cccc(C(=O)O)c1C.Cc1cccc(C(=O)O)c1C.[Zn]. The predicted octanol–water partition coefficient (Wildman–Crippen LogP) is 4.00. The Balaban J connectivity index is 0.000000403. The van der Waals surface area contributed by atoms with Gasteiger partial charge in [0.1, 0.15) is 0 Å². The first-order valence-corrected chi connectivity index (χ1v) is 6.84. The molecule has 5 heteroatoms. The molecule has 2 N–H and O–H groups in total. The Morgan fingerprint density at radius 2 is 1.00 bits per heavy atom. The van der Waals surface area contributed by atoms with E-state index in [1.807, 2.05) is 39.8 Å². The van der Waals surface area contributed by atoms with Gasteiger partial charge in [-0.2, -0.15) is 0 Å². The maximum absolute atomic E-state index is 10.6. The van der Waals surface area contributed by atoms with Crippen molar-refractivity contribution in [3.63, 3.8) is 0 Å². The third kappa shape index (κ3) is 5.61. The Hall–Kier alpha value is -2.00. The summed E-state index contributed by atoms with van der Waals surface area (Å²) in [6.45, 7) is 7.45. The van der Waals surface area contributed by atoms with Gasteiger partial charge >= 0.3 is 11.9 Å². The van der Waals surface area contributed by atoms with Crippen molar-refractivity contribution in [1.82, 2.24) is 0 Å². The van der Waals surface area contributed by atoms with Crippen molar-refractivity contribution in [2.45, 2.75) is 27.7 Å². The van der Waals surface area contributed by atoms with E-state index in [0.29, 0.717) is 11.1 Å². The van der Waals surface area contributed by atoms with Crippen LogP contribution in [-0.2, 0) is 19.5 Å². The first kappa shape index (κ1) is 21.0. The van der Waals surface area contributed by atoms with Gasteiger partial charge in [-0.3, -0.25) is 0 Å². The minimum atomic E-state index is -0.855. The zero-order valence-electron chi connectivity index (χ0n) is 13.9. The van der Waals surface area contributed by atoms with Crippen molar-refractivity contribution in [3.05, 3.63) is 69.8 Å². The summed E-state index contributed by atoms with van der Waals surface area (Å²) < 4.78 is 0. The molecule has 2 rings (SSSR count). The van der Waals surface area contributed by atoms with Crippen LogP contribution in [0.3, 0.4) is 0 Å². The van der Waals surface area contributed by atoms with E-state index in [4.69, 9.17) is 10.2 Å². The average molecular weight is 366 g/mol. The number of rotatable bonds is 2. The van der Waals surface area contributed by atoms with Crippen LogP contribution in [0.4, 0.5) is 0 Å². The quantitative estimate of drug-likeness (QED) is 0.789. The molecule has 0 heterocycles. The number of benzene rings is 2. The van der Waals surface area contributed by atoms with Crippen molar-refractivity contribution in [2.75, 3.05) is 0 Å². The number of aryl methyl sites for hydroxylation is 2. The fourth-order valence-electron chi connectivity index (χ4n) is 1.97. The molecule has 0 aliphatic rings. The van der Waals surface area contributed by atoms with Crippen LogP contribution in [0.2, 0.25) is 0 Å². The van der Waals surface area contributed by atoms with Crippen molar-refractivity contribution in [3.8, 4) is 0 Å². The average Bonchev–Trinajstić information content (AvgIpc) is 2.45. The monoisotopic (exact) mass is 364 g/mol. The van der Waals surface area contributed by atoms with Gasteiger partial charge in [0, 0.05) is 19.5 Å². The van der Waals surface area contributed by atoms with Crippen molar-refractivity contribution in [1.29, 1.82) is 0 Å². The van der Waals surface area contributed by atoms with Crippen LogP contribution in [-0.4, -0.2) is 22.2 Å². The van der Waals surface area contributed by atoms with Crippen LogP contribution in [0.25, 0.3) is 0 Å². The summed E-state index contributed by atoms with van der Waals surface area (Å²) in [5.74, 6) is -1.71. The second-order valence-electron chi connectivity index (χ2n) is 5.11. The number of carbonyl (C=O) groups is 2. The molecule has 0 aliphatic carbocycles. The van der Waals surface area contributed by atoms with E-state index >= 15 is 0 Å². The molecule has 0 aromatic heterocycles. The number of aromatic carboxylic acids is 2. The minimum absolute atomic E-state index is 0. The summed E-state index contributed by atoms with van der Waals surface area (Å²) >= 11 is 0. The molecule has 0 spiro atoms. The van der Waals surface area contributed by atoms with Gasteiger partial charge in [0.25, 0.3) is 0 Å². The van der Waals surface area contributed by atoms with Crippen LogP contribution in [0.5, 0.6) is 0 Å². The molecular formula is C18H20O4Zn. The third-order valence-electron chi connectivity index (χ3n) is 3.67. The molecule has 0 radical (unpaired) electrons. The molecule has 0 saturated carbocycles. The van der Waals surface area contributed by atoms with Crippen molar-refractivity contribution >= 4 is 11.9 Å². The molecular weight excluding hydrogens is 346 g/mol. The fraction of sp³-hybridized carbons (Fsp3) is 0.222. The second kappa shape index (κ2) is 9.21. The van der Waals surface area contributed by atoms with Crippen LogP contribution in [0, 0.1) is 27.7 Å². The van der Waals surface area contributed by atoms with E-state index in [2.05, 4.69) is 0 Å². The Morgan fingerprint density at radius 3 is 1.22 bits per heavy atom. The molecule has 118 valence electrons. The minimum Gasteiger partial charge on any atom is -0.478 e. The Labute approximate surface area is 148 Å². The first-order chi connectivity index (χ1) is 10.3. The van der Waals surface area contributed by atoms with Gasteiger partial charge in [-0.1, -0.05) is 24.3 Å². The number of carboxylic acids is 2. The predicted molar refractivity (Wildman–Crippen MR) is 85.8 cm³/mol. The van der Waals surface area contributed by atoms with E-state index in [1.165, 1.54) is 0 Å². The molecule has 0 saturated heterocycles. The van der Waals surface area contributed by atoms with Gasteiger partial charge in [-0.15, -0.1) is 0 Å². The Kier molecular flexibility index (Phi) is 8.41. The summed E-state index contributed by atoms with van der Waals surface area (Å²) in [5.41, 5.74) is 4.52. The maximum Gasteiger partial charge on any atom is 0.335 e. The largest absolute Gasteiger partial charge is 0.478 e. The molecule has 23 heavy (non-hydrogen) atoms. The zero-order valence-corrected chi connectivity index (χ0v) is 16.8. The van der Waals surface area contributed by atoms with Gasteiger partial charge in [0.2, 0.25) is 0 Å². The molecule has 2 aromatic carbocycles. The molecule has 0 atom stereocenters. The molecule has 2 aromatic rings. The second-order valence-corrected chi connectivity index (χ2v) is 5.11. The molecule has 0 fully saturated rings. The molecule has 4 nitrogen and oxygen atoms in total. The summed E-state index contributed by atoms with van der Waals surface area (Å²) in [7, 11) is 0. The number of hydrogen-bond acceptors (Lipinski definition) is 2. The van der Waals surface area contributed by atoms with Crippen LogP contribution in [0.15, 0.2) is 36.4 Å². The van der Waals surface area contributed by atoms with Gasteiger partial charge in [-0.05, 0) is 62.1 Å². The van der Waals surface area contributed by atoms with Crippen molar-refractivity contribution in [2.24, 2.45) is 0 Å². The third-order valence-corrected chi connectivity index (χ3v) is 3.67. The van der Waals surface area contributed by atoms with Crippen LogP contribution < -0.4 is 0 Å². The Bertz CT molecular complexity index is 647. The molecule has 0 unspecified atom stereocenters. The number of hydrogen-bond donors (Lipinski definition) is 2. The zero-order chi connectivity index (χ0) is 16.9. The maximum atomic E-state index is 10.6. The topological polar surface area (TPSA) is 74.6 Å². The van der Waals surface area contributed by atoms with Gasteiger partial charge in [-0.25, -0.2) is 9.59 Å². The summed E-state index contributed by atoms with van der Waals surface area (Å²) in [6.07, 6.45) is 0. The van der Waals surface area contributed by atoms with Gasteiger partial charge in [0.15, 0.2) is 0 Å². The van der Waals surface area contributed by atoms with Gasteiger partial charge in [0.05, 0.1) is 11.1 Å². The van der Waals surface area contributed by atoms with Gasteiger partial charge < -0.3 is 10.2 Å². The van der Waals surface area contributed by atoms with E-state index in [-0.39, 0.29) is 19.5 Å². The Morgan fingerprint density at radius 1 is 0.696 bits per heavy atom. The summed E-state index contributed by atoms with van der Waals surface area (Å²) in [4.78, 5) is 21.1. The van der Waals surface area contributed by atoms with E-state index in [9.17, 15) is 9.59 Å². The first-order valence-electron chi connectivity index (χ1n) is 6.84. The summed E-state index contributed by atoms with van der Waals surface area (Å²) in [5, 5.41) is 17.4. The molecule has 0 aliphatic heterocycles. The molecule has 0 bridgehead atoms. The van der Waals surface area contributed by atoms with Crippen LogP contribution >= 0.6 is 0 Å². The molecule has 0 amide bonds.